The van der Waals surface area contributed by atoms with Crippen molar-refractivity contribution in [2.75, 3.05) is 31.1 Å². The van der Waals surface area contributed by atoms with E-state index < -0.39 is 20.1 Å². The summed E-state index contributed by atoms with van der Waals surface area (Å²) in [6, 6.07) is 16.0. The summed E-state index contributed by atoms with van der Waals surface area (Å²) in [5.41, 5.74) is 2.45. The smallest absolute Gasteiger partial charge is 0.190 e. The summed E-state index contributed by atoms with van der Waals surface area (Å²) in [7, 11) is -3.55. The van der Waals surface area contributed by atoms with Crippen molar-refractivity contribution in [3.63, 3.8) is 0 Å². The van der Waals surface area contributed by atoms with E-state index in [0.717, 1.165) is 50.1 Å². The molecule has 160 valence electrons. The van der Waals surface area contributed by atoms with Gasteiger partial charge >= 0.3 is 0 Å². The van der Waals surface area contributed by atoms with E-state index in [2.05, 4.69) is 22.8 Å². The van der Waals surface area contributed by atoms with Crippen LogP contribution in [0.3, 0.4) is 0 Å². The number of nitrogens with zero attached hydrogens (tertiary/aromatic N) is 2. The lowest BCUT2D eigenvalue weighted by Crippen LogP contribution is -2.55. The molecule has 5 heteroatoms. The molecular formula is C25H32N2O2S. The molecule has 2 saturated heterocycles. The molecular weight excluding hydrogens is 392 g/mol. The molecule has 3 heterocycles. The highest BCUT2D eigenvalue weighted by Crippen LogP contribution is 2.60. The predicted octanol–water partition coefficient (Wildman–Crippen LogP) is 4.69. The van der Waals surface area contributed by atoms with Crippen LogP contribution in [-0.2, 0) is 20.1 Å². The Hall–Kier alpha value is -1.85. The Morgan fingerprint density at radius 2 is 1.43 bits per heavy atom. The summed E-state index contributed by atoms with van der Waals surface area (Å²) in [6.45, 7) is 8.14. The zero-order chi connectivity index (χ0) is 21.0. The lowest BCUT2D eigenvalue weighted by molar-refractivity contribution is 0.0925. The quantitative estimate of drug-likeness (QED) is 0.717. The van der Waals surface area contributed by atoms with E-state index in [1.807, 2.05) is 49.4 Å². The fourth-order valence-corrected chi connectivity index (χ4v) is 8.49. The molecule has 2 atom stereocenters. The number of benzene rings is 2. The number of rotatable bonds is 3. The molecule has 30 heavy (non-hydrogen) atoms. The Labute approximate surface area is 180 Å². The minimum Gasteiger partial charge on any atom is -0.372 e. The summed E-state index contributed by atoms with van der Waals surface area (Å²) >= 11 is 0. The molecule has 2 aromatic rings. The third-order valence-corrected chi connectivity index (χ3v) is 10.7. The minimum atomic E-state index is -3.55. The van der Waals surface area contributed by atoms with Gasteiger partial charge in [-0.2, -0.15) is 0 Å². The monoisotopic (exact) mass is 424 g/mol. The molecule has 3 aliphatic rings. The van der Waals surface area contributed by atoms with Crippen LogP contribution >= 0.6 is 0 Å². The number of fused-ring (bicyclic) bond motifs is 1. The zero-order valence-corrected chi connectivity index (χ0v) is 18.9. The van der Waals surface area contributed by atoms with Crippen LogP contribution < -0.4 is 4.90 Å². The minimum absolute atomic E-state index is 0.518. The Kier molecular flexibility index (Phi) is 4.75. The second-order valence-electron chi connectivity index (χ2n) is 9.40. The average Bonchev–Trinajstić information content (AvgIpc) is 3.37. The van der Waals surface area contributed by atoms with Gasteiger partial charge in [-0.3, -0.25) is 4.90 Å². The van der Waals surface area contributed by atoms with Crippen molar-refractivity contribution >= 4 is 15.5 Å². The van der Waals surface area contributed by atoms with E-state index in [1.165, 1.54) is 24.9 Å². The lowest BCUT2D eigenvalue weighted by atomic mass is 9.75. The molecule has 3 aliphatic heterocycles. The van der Waals surface area contributed by atoms with Gasteiger partial charge in [-0.05, 0) is 88.4 Å². The summed E-state index contributed by atoms with van der Waals surface area (Å²) in [4.78, 5) is 5.38. The first kappa shape index (κ1) is 20.1. The molecule has 0 radical (unpaired) electrons. The van der Waals surface area contributed by atoms with Gasteiger partial charge in [0.1, 0.15) is 4.75 Å². The lowest BCUT2D eigenvalue weighted by Gasteiger charge is -2.47. The third-order valence-electron chi connectivity index (χ3n) is 8.03. The van der Waals surface area contributed by atoms with Crippen molar-refractivity contribution in [3.05, 3.63) is 59.7 Å². The fraction of sp³-hybridized carbons (Fsp3) is 0.520. The van der Waals surface area contributed by atoms with E-state index in [-0.39, 0.29) is 0 Å². The number of piperidine rings is 1. The molecule has 0 saturated carbocycles. The number of anilines is 1. The number of hydrogen-bond acceptors (Lipinski definition) is 4. The summed E-state index contributed by atoms with van der Waals surface area (Å²) < 4.78 is 27.2. The largest absolute Gasteiger partial charge is 0.372 e. The normalized spacial score (nSPS) is 31.1. The van der Waals surface area contributed by atoms with Gasteiger partial charge in [0.2, 0.25) is 0 Å². The highest BCUT2D eigenvalue weighted by molar-refractivity contribution is 7.92. The van der Waals surface area contributed by atoms with Crippen molar-refractivity contribution < 1.29 is 8.42 Å². The highest BCUT2D eigenvalue weighted by Gasteiger charge is 2.65. The molecule has 0 N–H and O–H groups in total. The summed E-state index contributed by atoms with van der Waals surface area (Å²) in [6.07, 6.45) is 5.96. The van der Waals surface area contributed by atoms with Crippen LogP contribution in [0.5, 0.6) is 0 Å². The van der Waals surface area contributed by atoms with Gasteiger partial charge in [0, 0.05) is 18.8 Å². The maximum atomic E-state index is 14.1. The number of likely N-dealkylation sites (tertiary alicyclic amines) is 1. The molecule has 0 amide bonds. The maximum Gasteiger partial charge on any atom is 0.190 e. The van der Waals surface area contributed by atoms with E-state index in [9.17, 15) is 8.42 Å². The van der Waals surface area contributed by atoms with Gasteiger partial charge in [-0.25, -0.2) is 8.42 Å². The summed E-state index contributed by atoms with van der Waals surface area (Å²) in [5.74, 6) is 0. The molecule has 0 spiro atoms. The van der Waals surface area contributed by atoms with Gasteiger partial charge in [0.05, 0.1) is 10.4 Å². The van der Waals surface area contributed by atoms with E-state index >= 15 is 0 Å². The number of hydrogen-bond donors (Lipinski definition) is 0. The van der Waals surface area contributed by atoms with Crippen LogP contribution in [0.2, 0.25) is 0 Å². The standard InChI is InChI=1S/C25H32N2O2S/c1-24(27-17-9-10-18-27)22-19-21(26-15-7-4-8-16-26)13-14-23(22)30(28,29)25(24,2)20-11-5-3-6-12-20/h3,5-6,11-14,19H,4,7-10,15-18H2,1-2H3. The van der Waals surface area contributed by atoms with Crippen molar-refractivity contribution in [2.24, 2.45) is 0 Å². The van der Waals surface area contributed by atoms with Crippen molar-refractivity contribution in [1.29, 1.82) is 0 Å². The van der Waals surface area contributed by atoms with Crippen LogP contribution in [0, 0.1) is 0 Å². The average molecular weight is 425 g/mol. The van der Waals surface area contributed by atoms with Crippen LogP contribution in [0.15, 0.2) is 53.4 Å². The second-order valence-corrected chi connectivity index (χ2v) is 11.7. The van der Waals surface area contributed by atoms with Gasteiger partial charge in [0.25, 0.3) is 0 Å². The molecule has 2 fully saturated rings. The molecule has 0 aliphatic carbocycles. The van der Waals surface area contributed by atoms with E-state index in [4.69, 9.17) is 0 Å². The van der Waals surface area contributed by atoms with Crippen molar-refractivity contribution in [3.8, 4) is 0 Å². The second kappa shape index (κ2) is 7.10. The Morgan fingerprint density at radius 1 is 0.800 bits per heavy atom. The Morgan fingerprint density at radius 3 is 2.10 bits per heavy atom. The molecule has 4 nitrogen and oxygen atoms in total. The molecule has 2 aromatic carbocycles. The SMILES string of the molecule is CC1(N2CCCC2)c2cc(N3CCCCC3)ccc2S(=O)(=O)C1(C)c1ccccc1. The first-order valence-electron chi connectivity index (χ1n) is 11.4. The topological polar surface area (TPSA) is 40.6 Å². The first-order chi connectivity index (χ1) is 14.4. The fourth-order valence-electron chi connectivity index (χ4n) is 6.05. The summed E-state index contributed by atoms with van der Waals surface area (Å²) in [5, 5.41) is 0. The van der Waals surface area contributed by atoms with Crippen molar-refractivity contribution in [1.82, 2.24) is 4.90 Å². The van der Waals surface area contributed by atoms with Crippen LogP contribution in [0.4, 0.5) is 5.69 Å². The van der Waals surface area contributed by atoms with Gasteiger partial charge in [0.15, 0.2) is 9.84 Å². The van der Waals surface area contributed by atoms with Crippen LogP contribution in [0.1, 0.15) is 57.1 Å². The zero-order valence-electron chi connectivity index (χ0n) is 18.1. The van der Waals surface area contributed by atoms with Gasteiger partial charge in [-0.15, -0.1) is 0 Å². The predicted molar refractivity (Wildman–Crippen MR) is 122 cm³/mol. The highest BCUT2D eigenvalue weighted by atomic mass is 32.2. The van der Waals surface area contributed by atoms with Gasteiger partial charge in [-0.1, -0.05) is 30.3 Å². The number of sulfone groups is 1. The Balaban J connectivity index is 1.74. The molecule has 5 rings (SSSR count). The third kappa shape index (κ3) is 2.57. The Bertz CT molecular complexity index is 1040. The van der Waals surface area contributed by atoms with Crippen LogP contribution in [-0.4, -0.2) is 39.5 Å². The van der Waals surface area contributed by atoms with Crippen LogP contribution in [0.25, 0.3) is 0 Å². The first-order valence-corrected chi connectivity index (χ1v) is 12.8. The van der Waals surface area contributed by atoms with E-state index in [1.54, 1.807) is 0 Å². The van der Waals surface area contributed by atoms with E-state index in [0.29, 0.717) is 4.90 Å². The molecule has 0 aromatic heterocycles. The van der Waals surface area contributed by atoms with Gasteiger partial charge < -0.3 is 4.90 Å². The molecule has 2 unspecified atom stereocenters. The maximum absolute atomic E-state index is 14.1. The van der Waals surface area contributed by atoms with Crippen molar-refractivity contribution in [2.45, 2.75) is 61.1 Å². The molecule has 0 bridgehead atoms.